The van der Waals surface area contributed by atoms with Gasteiger partial charge in [-0.15, -0.1) is 0 Å². The molecule has 1 aromatic carbocycles. The van der Waals surface area contributed by atoms with Gasteiger partial charge in [0.2, 0.25) is 0 Å². The van der Waals surface area contributed by atoms with Crippen molar-refractivity contribution in [1.29, 1.82) is 0 Å². The molecule has 1 aliphatic heterocycles. The fourth-order valence-corrected chi connectivity index (χ4v) is 3.49. The lowest BCUT2D eigenvalue weighted by molar-refractivity contribution is -0.141. The number of aliphatic carboxylic acids is 1. The number of hydrogen-bond donors (Lipinski definition) is 2. The first-order valence-electron chi connectivity index (χ1n) is 7.35. The molecule has 1 saturated heterocycles. The number of carboxylic acid groups (broad SMARTS) is 1. The Kier molecular flexibility index (Phi) is 3.66. The van der Waals surface area contributed by atoms with E-state index in [0.717, 1.165) is 24.2 Å². The molecule has 20 heavy (non-hydrogen) atoms. The minimum absolute atomic E-state index is 0.0956. The second-order valence-electron chi connectivity index (χ2n) is 5.76. The molecule has 1 aliphatic carbocycles. The first kappa shape index (κ1) is 13.4. The summed E-state index contributed by atoms with van der Waals surface area (Å²) in [5, 5.41) is 12.5. The Morgan fingerprint density at radius 3 is 2.85 bits per heavy atom. The molecule has 0 spiro atoms. The van der Waals surface area contributed by atoms with E-state index >= 15 is 0 Å². The fourth-order valence-electron chi connectivity index (χ4n) is 3.49. The first-order chi connectivity index (χ1) is 9.70. The number of rotatable bonds is 3. The molecule has 0 aromatic heterocycles. The maximum Gasteiger partial charge on any atom is 0.307 e. The molecule has 2 unspecified atom stereocenters. The van der Waals surface area contributed by atoms with Gasteiger partial charge in [0.15, 0.2) is 0 Å². The lowest BCUT2D eigenvalue weighted by Gasteiger charge is -2.23. The van der Waals surface area contributed by atoms with E-state index < -0.39 is 5.97 Å². The summed E-state index contributed by atoms with van der Waals surface area (Å²) in [4.78, 5) is 11.1. The van der Waals surface area contributed by atoms with E-state index in [1.165, 1.54) is 24.0 Å². The second-order valence-corrected chi connectivity index (χ2v) is 5.76. The van der Waals surface area contributed by atoms with Crippen molar-refractivity contribution < 1.29 is 14.6 Å². The summed E-state index contributed by atoms with van der Waals surface area (Å²) in [5.74, 6) is -0.0246. The van der Waals surface area contributed by atoms with Gasteiger partial charge in [-0.3, -0.25) is 4.79 Å². The van der Waals surface area contributed by atoms with Crippen LogP contribution >= 0.6 is 0 Å². The standard InChI is InChI=1S/C16H21NO3/c1-20-15-12-5-3-2-4-10(12)6-7-13(15)14-8-11(9-17-14)16(18)19/h6-7,11,14,17H,2-5,8-9H2,1H3,(H,18,19). The Morgan fingerprint density at radius 1 is 1.35 bits per heavy atom. The zero-order chi connectivity index (χ0) is 14.1. The largest absolute Gasteiger partial charge is 0.496 e. The van der Waals surface area contributed by atoms with Crippen LogP contribution in [0.3, 0.4) is 0 Å². The molecule has 2 aliphatic rings. The van der Waals surface area contributed by atoms with Gasteiger partial charge >= 0.3 is 5.97 Å². The molecule has 1 fully saturated rings. The predicted octanol–water partition coefficient (Wildman–Crippen LogP) is 2.31. The fraction of sp³-hybridized carbons (Fsp3) is 0.562. The predicted molar refractivity (Wildman–Crippen MR) is 76.1 cm³/mol. The molecule has 0 amide bonds. The number of carboxylic acids is 1. The highest BCUT2D eigenvalue weighted by atomic mass is 16.5. The zero-order valence-electron chi connectivity index (χ0n) is 11.8. The van der Waals surface area contributed by atoms with Crippen LogP contribution in [0.4, 0.5) is 0 Å². The Bertz CT molecular complexity index is 527. The third kappa shape index (κ3) is 2.29. The summed E-state index contributed by atoms with van der Waals surface area (Å²) >= 11 is 0. The Balaban J connectivity index is 1.92. The maximum absolute atomic E-state index is 11.1. The monoisotopic (exact) mass is 275 g/mol. The smallest absolute Gasteiger partial charge is 0.307 e. The topological polar surface area (TPSA) is 58.6 Å². The molecule has 4 heteroatoms. The summed E-state index contributed by atoms with van der Waals surface area (Å²) < 4.78 is 5.66. The Labute approximate surface area is 119 Å². The van der Waals surface area contributed by atoms with Gasteiger partial charge in [-0.1, -0.05) is 12.1 Å². The van der Waals surface area contributed by atoms with E-state index in [-0.39, 0.29) is 12.0 Å². The van der Waals surface area contributed by atoms with Crippen molar-refractivity contribution in [1.82, 2.24) is 5.32 Å². The zero-order valence-corrected chi connectivity index (χ0v) is 11.8. The average molecular weight is 275 g/mol. The lowest BCUT2D eigenvalue weighted by atomic mass is 9.87. The molecule has 0 bridgehead atoms. The molecule has 2 atom stereocenters. The quantitative estimate of drug-likeness (QED) is 0.888. The summed E-state index contributed by atoms with van der Waals surface area (Å²) in [6, 6.07) is 4.41. The van der Waals surface area contributed by atoms with Gasteiger partial charge in [0, 0.05) is 18.2 Å². The van der Waals surface area contributed by atoms with Gasteiger partial charge in [-0.25, -0.2) is 0 Å². The maximum atomic E-state index is 11.1. The van der Waals surface area contributed by atoms with Crippen molar-refractivity contribution in [2.45, 2.75) is 38.1 Å². The van der Waals surface area contributed by atoms with E-state index in [1.54, 1.807) is 7.11 Å². The van der Waals surface area contributed by atoms with Crippen molar-refractivity contribution in [2.75, 3.05) is 13.7 Å². The van der Waals surface area contributed by atoms with E-state index in [4.69, 9.17) is 9.84 Å². The van der Waals surface area contributed by atoms with Gasteiger partial charge in [-0.2, -0.15) is 0 Å². The van der Waals surface area contributed by atoms with Crippen molar-refractivity contribution in [3.63, 3.8) is 0 Å². The van der Waals surface area contributed by atoms with Crippen LogP contribution in [-0.4, -0.2) is 24.7 Å². The van der Waals surface area contributed by atoms with Crippen LogP contribution in [0.2, 0.25) is 0 Å². The van der Waals surface area contributed by atoms with Gasteiger partial charge in [-0.05, 0) is 43.2 Å². The second kappa shape index (κ2) is 5.44. The van der Waals surface area contributed by atoms with Crippen LogP contribution in [0.15, 0.2) is 12.1 Å². The van der Waals surface area contributed by atoms with Crippen molar-refractivity contribution >= 4 is 5.97 Å². The molecular formula is C16H21NO3. The van der Waals surface area contributed by atoms with E-state index in [2.05, 4.69) is 17.4 Å². The number of carbonyl (C=O) groups is 1. The minimum Gasteiger partial charge on any atom is -0.496 e. The van der Waals surface area contributed by atoms with Gasteiger partial charge in [0.05, 0.1) is 13.0 Å². The number of methoxy groups -OCH3 is 1. The Hall–Kier alpha value is -1.55. The van der Waals surface area contributed by atoms with Crippen LogP contribution in [0.25, 0.3) is 0 Å². The summed E-state index contributed by atoms with van der Waals surface area (Å²) in [5.41, 5.74) is 3.85. The number of ether oxygens (including phenoxy) is 1. The normalized spacial score (nSPS) is 25.2. The van der Waals surface area contributed by atoms with Gasteiger partial charge in [0.25, 0.3) is 0 Å². The van der Waals surface area contributed by atoms with Crippen molar-refractivity contribution in [2.24, 2.45) is 5.92 Å². The van der Waals surface area contributed by atoms with Crippen LogP contribution in [0.5, 0.6) is 5.75 Å². The van der Waals surface area contributed by atoms with Crippen LogP contribution < -0.4 is 10.1 Å². The molecule has 1 aromatic rings. The highest BCUT2D eigenvalue weighted by Gasteiger charge is 2.32. The van der Waals surface area contributed by atoms with E-state index in [1.807, 2.05) is 0 Å². The number of benzene rings is 1. The molecule has 108 valence electrons. The SMILES string of the molecule is COc1c(C2CC(C(=O)O)CN2)ccc2c1CCCC2. The molecule has 0 radical (unpaired) electrons. The third-order valence-electron chi connectivity index (χ3n) is 4.57. The number of aryl methyl sites for hydroxylation is 1. The van der Waals surface area contributed by atoms with Crippen LogP contribution in [0.1, 0.15) is 42.0 Å². The Morgan fingerprint density at radius 2 is 2.15 bits per heavy atom. The number of hydrogen-bond acceptors (Lipinski definition) is 3. The third-order valence-corrected chi connectivity index (χ3v) is 4.57. The van der Waals surface area contributed by atoms with Gasteiger partial charge < -0.3 is 15.2 Å². The molecule has 2 N–H and O–H groups in total. The van der Waals surface area contributed by atoms with E-state index in [0.29, 0.717) is 13.0 Å². The highest BCUT2D eigenvalue weighted by Crippen LogP contribution is 2.39. The van der Waals surface area contributed by atoms with E-state index in [9.17, 15) is 4.79 Å². The molecule has 0 saturated carbocycles. The highest BCUT2D eigenvalue weighted by molar-refractivity contribution is 5.71. The summed E-state index contributed by atoms with van der Waals surface area (Å²) in [6.45, 7) is 0.542. The number of nitrogens with one attached hydrogen (secondary N) is 1. The minimum atomic E-state index is -0.711. The van der Waals surface area contributed by atoms with Crippen molar-refractivity contribution in [3.05, 3.63) is 28.8 Å². The number of fused-ring (bicyclic) bond motifs is 1. The summed E-state index contributed by atoms with van der Waals surface area (Å²) in [7, 11) is 1.72. The molecular weight excluding hydrogens is 254 g/mol. The van der Waals surface area contributed by atoms with Crippen LogP contribution in [0, 0.1) is 5.92 Å². The van der Waals surface area contributed by atoms with Crippen molar-refractivity contribution in [3.8, 4) is 5.75 Å². The average Bonchev–Trinajstić information content (AvgIpc) is 2.95. The summed E-state index contributed by atoms with van der Waals surface area (Å²) in [6.07, 6.45) is 5.30. The van der Waals surface area contributed by atoms with Crippen LogP contribution in [-0.2, 0) is 17.6 Å². The molecule has 4 nitrogen and oxygen atoms in total. The van der Waals surface area contributed by atoms with Gasteiger partial charge in [0.1, 0.15) is 5.75 Å². The molecule has 1 heterocycles. The lowest BCUT2D eigenvalue weighted by Crippen LogP contribution is -2.18. The first-order valence-corrected chi connectivity index (χ1v) is 7.35. The molecule has 3 rings (SSSR count).